The highest BCUT2D eigenvalue weighted by Gasteiger charge is 2.16. The van der Waals surface area contributed by atoms with E-state index in [-0.39, 0.29) is 10.6 Å². The van der Waals surface area contributed by atoms with Crippen LogP contribution in [0.15, 0.2) is 65.7 Å². The van der Waals surface area contributed by atoms with Crippen LogP contribution in [0.1, 0.15) is 17.4 Å². The Labute approximate surface area is 150 Å². The van der Waals surface area contributed by atoms with E-state index in [1.165, 1.54) is 24.3 Å². The molecule has 0 bridgehead atoms. The van der Waals surface area contributed by atoms with E-state index in [1.807, 2.05) is 29.0 Å². The summed E-state index contributed by atoms with van der Waals surface area (Å²) in [5.41, 5.74) is 0.685. The van der Waals surface area contributed by atoms with Crippen LogP contribution in [0.5, 0.6) is 0 Å². The van der Waals surface area contributed by atoms with Crippen LogP contribution in [0.3, 0.4) is 0 Å². The molecule has 2 aromatic carbocycles. The van der Waals surface area contributed by atoms with Gasteiger partial charge in [-0.2, -0.15) is 0 Å². The summed E-state index contributed by atoms with van der Waals surface area (Å²) in [7, 11) is -3.91. The normalized spacial score (nSPS) is 11.1. The molecule has 8 heteroatoms. The van der Waals surface area contributed by atoms with Gasteiger partial charge in [0.1, 0.15) is 5.69 Å². The summed E-state index contributed by atoms with van der Waals surface area (Å²) in [5.74, 6) is -1.08. The first kappa shape index (κ1) is 17.6. The molecule has 2 N–H and O–H groups in total. The van der Waals surface area contributed by atoms with E-state index in [0.29, 0.717) is 5.69 Å². The monoisotopic (exact) mass is 369 g/mol. The molecule has 1 heterocycles. The zero-order valence-electron chi connectivity index (χ0n) is 13.8. The van der Waals surface area contributed by atoms with Crippen molar-refractivity contribution in [1.29, 1.82) is 0 Å². The summed E-state index contributed by atoms with van der Waals surface area (Å²) in [4.78, 5) is 27.5. The summed E-state index contributed by atoms with van der Waals surface area (Å²) in [6.07, 6.45) is 1.56. The summed E-state index contributed by atoms with van der Waals surface area (Å²) >= 11 is 0. The Morgan fingerprint density at radius 3 is 2.35 bits per heavy atom. The van der Waals surface area contributed by atoms with Gasteiger partial charge in [-0.3, -0.25) is 14.6 Å². The Bertz CT molecular complexity index is 1090. The van der Waals surface area contributed by atoms with Crippen molar-refractivity contribution >= 4 is 38.3 Å². The quantitative estimate of drug-likeness (QED) is 0.734. The molecule has 0 aliphatic heterocycles. The summed E-state index contributed by atoms with van der Waals surface area (Å²) in [6.45, 7) is 1.11. The average Bonchev–Trinajstić information content (AvgIpc) is 2.60. The molecule has 3 aromatic rings. The molecule has 0 aliphatic rings. The van der Waals surface area contributed by atoms with Gasteiger partial charge in [0.05, 0.1) is 4.90 Å². The van der Waals surface area contributed by atoms with Gasteiger partial charge >= 0.3 is 0 Å². The lowest BCUT2D eigenvalue weighted by atomic mass is 10.1. The summed E-state index contributed by atoms with van der Waals surface area (Å²) < 4.78 is 25.7. The first-order chi connectivity index (χ1) is 12.4. The number of pyridine rings is 1. The van der Waals surface area contributed by atoms with Crippen molar-refractivity contribution < 1.29 is 18.0 Å². The highest BCUT2D eigenvalue weighted by molar-refractivity contribution is 7.90. The predicted molar refractivity (Wildman–Crippen MR) is 97.1 cm³/mol. The Morgan fingerprint density at radius 1 is 0.962 bits per heavy atom. The molecule has 1 aromatic heterocycles. The predicted octanol–water partition coefficient (Wildman–Crippen LogP) is 2.31. The van der Waals surface area contributed by atoms with Gasteiger partial charge in [0.15, 0.2) is 0 Å². The lowest BCUT2D eigenvalue weighted by molar-refractivity contribution is -0.117. The Morgan fingerprint density at radius 2 is 1.65 bits per heavy atom. The molecule has 0 atom stereocenters. The lowest BCUT2D eigenvalue weighted by Gasteiger charge is -2.09. The van der Waals surface area contributed by atoms with Crippen molar-refractivity contribution in [1.82, 2.24) is 9.71 Å². The van der Waals surface area contributed by atoms with Crippen molar-refractivity contribution in [2.75, 3.05) is 5.32 Å². The standard InChI is InChI=1S/C18H15N3O4S/c1-12(22)21-26(24,25)15-8-6-14(7-9-15)20-18(23)17-16-5-3-2-4-13(16)10-11-19-17/h2-11H,1H3,(H,20,23)(H,21,22). The number of fused-ring (bicyclic) bond motifs is 1. The minimum absolute atomic E-state index is 0.0750. The number of anilines is 1. The van der Waals surface area contributed by atoms with E-state index in [2.05, 4.69) is 10.3 Å². The lowest BCUT2D eigenvalue weighted by Crippen LogP contribution is -2.28. The van der Waals surface area contributed by atoms with Crippen LogP contribution >= 0.6 is 0 Å². The fourth-order valence-corrected chi connectivity index (χ4v) is 3.45. The van der Waals surface area contributed by atoms with Gasteiger partial charge in [-0.25, -0.2) is 13.1 Å². The third-order valence-electron chi connectivity index (χ3n) is 3.59. The fraction of sp³-hybridized carbons (Fsp3) is 0.0556. The molecular weight excluding hydrogens is 354 g/mol. The maximum absolute atomic E-state index is 12.5. The number of rotatable bonds is 4. The molecule has 0 radical (unpaired) electrons. The van der Waals surface area contributed by atoms with Crippen molar-refractivity contribution in [3.8, 4) is 0 Å². The largest absolute Gasteiger partial charge is 0.321 e. The van der Waals surface area contributed by atoms with E-state index < -0.39 is 21.8 Å². The minimum Gasteiger partial charge on any atom is -0.321 e. The van der Waals surface area contributed by atoms with Gasteiger partial charge in [0.2, 0.25) is 5.91 Å². The number of hydrogen-bond donors (Lipinski definition) is 2. The number of aromatic nitrogens is 1. The molecule has 2 amide bonds. The van der Waals surface area contributed by atoms with Crippen LogP contribution in [0, 0.1) is 0 Å². The third kappa shape index (κ3) is 3.70. The molecule has 0 saturated carbocycles. The third-order valence-corrected chi connectivity index (χ3v) is 5.04. The number of sulfonamides is 1. The van der Waals surface area contributed by atoms with Crippen LogP contribution in [-0.4, -0.2) is 25.2 Å². The maximum Gasteiger partial charge on any atom is 0.274 e. The zero-order chi connectivity index (χ0) is 18.7. The van der Waals surface area contributed by atoms with Crippen molar-refractivity contribution in [2.45, 2.75) is 11.8 Å². The number of benzene rings is 2. The van der Waals surface area contributed by atoms with Crippen LogP contribution in [-0.2, 0) is 14.8 Å². The number of nitrogens with one attached hydrogen (secondary N) is 2. The van der Waals surface area contributed by atoms with E-state index >= 15 is 0 Å². The van der Waals surface area contributed by atoms with Gasteiger partial charge in [0.25, 0.3) is 15.9 Å². The molecule has 0 unspecified atom stereocenters. The molecule has 0 spiro atoms. The summed E-state index contributed by atoms with van der Waals surface area (Å²) in [5, 5.41) is 4.30. The number of carbonyl (C=O) groups excluding carboxylic acids is 2. The molecule has 26 heavy (non-hydrogen) atoms. The highest BCUT2D eigenvalue weighted by Crippen LogP contribution is 2.19. The van der Waals surface area contributed by atoms with Crippen LogP contribution < -0.4 is 10.0 Å². The van der Waals surface area contributed by atoms with Gasteiger partial charge in [0, 0.05) is 24.2 Å². The van der Waals surface area contributed by atoms with Crippen LogP contribution in [0.2, 0.25) is 0 Å². The second-order valence-electron chi connectivity index (χ2n) is 5.52. The van der Waals surface area contributed by atoms with Crippen LogP contribution in [0.25, 0.3) is 10.8 Å². The molecular formula is C18H15N3O4S. The van der Waals surface area contributed by atoms with Gasteiger partial charge < -0.3 is 5.32 Å². The molecule has 7 nitrogen and oxygen atoms in total. The van der Waals surface area contributed by atoms with E-state index in [4.69, 9.17) is 0 Å². The van der Waals surface area contributed by atoms with Crippen molar-refractivity contribution in [3.63, 3.8) is 0 Å². The molecule has 0 saturated heterocycles. The number of nitrogens with zero attached hydrogens (tertiary/aromatic N) is 1. The van der Waals surface area contributed by atoms with Crippen LogP contribution in [0.4, 0.5) is 5.69 Å². The maximum atomic E-state index is 12.5. The first-order valence-corrected chi connectivity index (χ1v) is 9.14. The number of hydrogen-bond acceptors (Lipinski definition) is 5. The zero-order valence-corrected chi connectivity index (χ0v) is 14.6. The molecule has 3 rings (SSSR count). The number of carbonyl (C=O) groups is 2. The number of amides is 2. The van der Waals surface area contributed by atoms with Gasteiger partial charge in [-0.15, -0.1) is 0 Å². The second-order valence-corrected chi connectivity index (χ2v) is 7.20. The minimum atomic E-state index is -3.91. The van der Waals surface area contributed by atoms with E-state index in [1.54, 1.807) is 12.3 Å². The first-order valence-electron chi connectivity index (χ1n) is 7.65. The fourth-order valence-electron chi connectivity index (χ4n) is 2.46. The Balaban J connectivity index is 1.83. The van der Waals surface area contributed by atoms with Crippen molar-refractivity contribution in [2.24, 2.45) is 0 Å². The topological polar surface area (TPSA) is 105 Å². The Kier molecular flexibility index (Phi) is 4.68. The van der Waals surface area contributed by atoms with E-state index in [0.717, 1.165) is 17.7 Å². The van der Waals surface area contributed by atoms with Gasteiger partial charge in [-0.1, -0.05) is 24.3 Å². The Hall–Kier alpha value is -3.26. The van der Waals surface area contributed by atoms with E-state index in [9.17, 15) is 18.0 Å². The molecule has 0 fully saturated rings. The smallest absolute Gasteiger partial charge is 0.274 e. The van der Waals surface area contributed by atoms with Crippen molar-refractivity contribution in [3.05, 3.63) is 66.5 Å². The van der Waals surface area contributed by atoms with Gasteiger partial charge in [-0.05, 0) is 35.7 Å². The second kappa shape index (κ2) is 6.93. The average molecular weight is 369 g/mol. The summed E-state index contributed by atoms with van der Waals surface area (Å²) in [6, 6.07) is 14.7. The molecule has 0 aliphatic carbocycles. The highest BCUT2D eigenvalue weighted by atomic mass is 32.2. The SMILES string of the molecule is CC(=O)NS(=O)(=O)c1ccc(NC(=O)c2nccc3ccccc23)cc1. The molecule has 132 valence electrons.